The van der Waals surface area contributed by atoms with Crippen molar-refractivity contribution in [2.24, 2.45) is 0 Å². The van der Waals surface area contributed by atoms with Gasteiger partial charge in [-0.3, -0.25) is 0 Å². The molecule has 0 radical (unpaired) electrons. The maximum Gasteiger partial charge on any atom is 0.200 e. The van der Waals surface area contributed by atoms with Gasteiger partial charge in [-0.2, -0.15) is 35.1 Å². The van der Waals surface area contributed by atoms with E-state index in [9.17, 15) is 0 Å². The van der Waals surface area contributed by atoms with E-state index in [-0.39, 0.29) is 0 Å². The maximum absolute atomic E-state index is 16.1. The number of methoxy groups -OCH3 is 4. The topological polar surface area (TPSA) is 53.5 Å². The van der Waals surface area contributed by atoms with Crippen LogP contribution in [0.15, 0.2) is 0 Å². The molecule has 2 aliphatic carbocycles. The number of hydrogen-bond acceptors (Lipinski definition) is 4. The monoisotopic (exact) mass is 937 g/mol. The second kappa shape index (κ2) is 18.8. The van der Waals surface area contributed by atoms with Crippen LogP contribution >= 0.6 is 0 Å². The molecule has 0 unspecified atom stereocenters. The molecular formula is C42H40BF16NO4. The first-order valence-corrected chi connectivity index (χ1v) is 19.6. The molecule has 4 aromatic rings. The van der Waals surface area contributed by atoms with Crippen LogP contribution in [-0.2, 0) is 0 Å². The SMILES string of the molecule is CC1([NH2+]C2(C)CCCCC2)CCCCC1.COc1c(F)c(F)c([B-](c2c(F)c(F)c(OC)c(F)c2F)(c2c(F)c(F)c(OC)c(F)c2F)c2c(F)c(F)c(OC)c(F)c2F)c(F)c1F. The van der Waals surface area contributed by atoms with Crippen molar-refractivity contribution in [2.75, 3.05) is 28.4 Å². The molecule has 6 rings (SSSR count). The van der Waals surface area contributed by atoms with E-state index < -0.39 is 144 Å². The predicted molar refractivity (Wildman–Crippen MR) is 200 cm³/mol. The Balaban J connectivity index is 0.000000430. The highest BCUT2D eigenvalue weighted by molar-refractivity contribution is 7.20. The molecule has 4 aromatic carbocycles. The number of benzene rings is 4. The van der Waals surface area contributed by atoms with Crippen LogP contribution < -0.4 is 46.1 Å². The van der Waals surface area contributed by atoms with E-state index in [4.69, 9.17) is 0 Å². The van der Waals surface area contributed by atoms with Gasteiger partial charge in [-0.1, -0.05) is 12.8 Å². The zero-order valence-electron chi connectivity index (χ0n) is 34.9. The molecule has 64 heavy (non-hydrogen) atoms. The summed E-state index contributed by atoms with van der Waals surface area (Å²) in [7, 11) is 1.31. The molecule has 5 nitrogen and oxygen atoms in total. The predicted octanol–water partition coefficient (Wildman–Crippen LogP) is 8.32. The zero-order valence-corrected chi connectivity index (χ0v) is 34.9. The summed E-state index contributed by atoms with van der Waals surface area (Å²) in [4.78, 5) is 0. The average molecular weight is 938 g/mol. The molecule has 0 saturated heterocycles. The third-order valence-electron chi connectivity index (χ3n) is 12.3. The van der Waals surface area contributed by atoms with E-state index in [1.807, 2.05) is 0 Å². The first-order chi connectivity index (χ1) is 30.0. The second-order valence-electron chi connectivity index (χ2n) is 16.3. The Hall–Kier alpha value is -5.02. The fourth-order valence-corrected chi connectivity index (χ4v) is 9.47. The quantitative estimate of drug-likeness (QED) is 0.0989. The highest BCUT2D eigenvalue weighted by atomic mass is 19.2. The fraction of sp³-hybridized carbons (Fsp3) is 0.429. The second-order valence-corrected chi connectivity index (χ2v) is 16.3. The van der Waals surface area contributed by atoms with Gasteiger partial charge < -0.3 is 24.3 Å². The minimum Gasteiger partial charge on any atom is -0.491 e. The lowest BCUT2D eigenvalue weighted by Crippen LogP contribution is -3.05. The van der Waals surface area contributed by atoms with Gasteiger partial charge in [-0.25, -0.2) is 35.1 Å². The molecule has 0 spiro atoms. The number of rotatable bonds is 10. The number of ether oxygens (including phenoxy) is 4. The summed E-state index contributed by atoms with van der Waals surface area (Å²) in [6.45, 7) is 5.01. The third kappa shape index (κ3) is 8.05. The lowest BCUT2D eigenvalue weighted by atomic mass is 9.12. The van der Waals surface area contributed by atoms with Gasteiger partial charge in [0.25, 0.3) is 0 Å². The van der Waals surface area contributed by atoms with Crippen LogP contribution in [0.25, 0.3) is 0 Å². The largest absolute Gasteiger partial charge is 0.491 e. The normalized spacial score (nSPS) is 16.0. The van der Waals surface area contributed by atoms with Crippen molar-refractivity contribution in [3.8, 4) is 23.0 Å². The molecular weight excluding hydrogens is 897 g/mol. The first kappa shape index (κ1) is 50.0. The van der Waals surface area contributed by atoms with E-state index >= 15 is 70.2 Å². The van der Waals surface area contributed by atoms with E-state index in [0.717, 1.165) is 0 Å². The zero-order chi connectivity index (χ0) is 48.0. The van der Waals surface area contributed by atoms with Crippen molar-refractivity contribution in [1.82, 2.24) is 0 Å². The molecule has 0 atom stereocenters. The minimum atomic E-state index is -6.80. The van der Waals surface area contributed by atoms with Gasteiger partial charge in [-0.15, -0.1) is 21.9 Å². The molecule has 0 aliphatic heterocycles. The Morgan fingerprint density at radius 1 is 0.312 bits per heavy atom. The van der Waals surface area contributed by atoms with Crippen molar-refractivity contribution in [2.45, 2.75) is 89.1 Å². The summed E-state index contributed by atoms with van der Waals surface area (Å²) in [5.41, 5.74) is -11.5. The van der Waals surface area contributed by atoms with Crippen molar-refractivity contribution in [3.63, 3.8) is 0 Å². The molecule has 2 N–H and O–H groups in total. The van der Waals surface area contributed by atoms with Crippen LogP contribution in [0.4, 0.5) is 70.2 Å². The molecule has 2 aliphatic rings. The average Bonchev–Trinajstić information content (AvgIpc) is 3.25. The summed E-state index contributed by atoms with van der Waals surface area (Å²) in [6.07, 6.45) is 7.78. The standard InChI is InChI=1S/C28H12BF16O4.C14H27N/c1-46-25-17(38)9(30)5(10(31)18(25)39)29(6-11(32)19(40)26(47-2)20(41)12(6)33,7-13(34)21(42)27(48-3)22(43)14(7)35)8-15(36)23(44)28(49-4)24(45)16(8)37;1-13(9-5-3-6-10-13)15-14(2)11-7-4-8-12-14/h1-4H3;15H,3-12H2,1-2H3/q-1;/p+1. The fourth-order valence-electron chi connectivity index (χ4n) is 9.47. The third-order valence-corrected chi connectivity index (χ3v) is 12.3. The summed E-state index contributed by atoms with van der Waals surface area (Å²) in [5, 5.41) is 2.76. The lowest BCUT2D eigenvalue weighted by molar-refractivity contribution is -0.789. The summed E-state index contributed by atoms with van der Waals surface area (Å²) in [5.74, 6) is -57.7. The van der Waals surface area contributed by atoms with Crippen molar-refractivity contribution < 1.29 is 94.5 Å². The van der Waals surface area contributed by atoms with Crippen LogP contribution in [-0.4, -0.2) is 45.7 Å². The van der Waals surface area contributed by atoms with Crippen LogP contribution in [0, 0.1) is 93.1 Å². The van der Waals surface area contributed by atoms with E-state index in [1.54, 1.807) is 0 Å². The van der Waals surface area contributed by atoms with Crippen LogP contribution in [0.3, 0.4) is 0 Å². The van der Waals surface area contributed by atoms with E-state index in [1.165, 1.54) is 64.2 Å². The first-order valence-electron chi connectivity index (χ1n) is 19.6. The molecule has 22 heteroatoms. The highest BCUT2D eigenvalue weighted by Crippen LogP contribution is 2.37. The molecule has 2 fully saturated rings. The maximum atomic E-state index is 16.1. The summed E-state index contributed by atoms with van der Waals surface area (Å²) < 4.78 is 267. The highest BCUT2D eigenvalue weighted by Gasteiger charge is 2.52. The summed E-state index contributed by atoms with van der Waals surface area (Å²) in [6, 6.07) is 0. The van der Waals surface area contributed by atoms with Gasteiger partial charge in [0.15, 0.2) is 23.0 Å². The van der Waals surface area contributed by atoms with Gasteiger partial charge in [-0.05, 0) is 39.5 Å². The Morgan fingerprint density at radius 2 is 0.484 bits per heavy atom. The van der Waals surface area contributed by atoms with Crippen molar-refractivity contribution in [3.05, 3.63) is 93.1 Å². The molecule has 0 bridgehead atoms. The van der Waals surface area contributed by atoms with Gasteiger partial charge >= 0.3 is 0 Å². The molecule has 0 heterocycles. The lowest BCUT2D eigenvalue weighted by Gasteiger charge is -2.45. The van der Waals surface area contributed by atoms with Gasteiger partial charge in [0.1, 0.15) is 52.7 Å². The van der Waals surface area contributed by atoms with E-state index in [0.29, 0.717) is 39.5 Å². The number of quaternary nitrogens is 1. The van der Waals surface area contributed by atoms with E-state index in [2.05, 4.69) is 38.1 Å². The molecule has 0 aromatic heterocycles. The smallest absolute Gasteiger partial charge is 0.200 e. The number of nitrogens with two attached hydrogens (primary N) is 1. The molecule has 0 amide bonds. The number of halogens is 16. The Bertz CT molecular complexity index is 2030. The van der Waals surface area contributed by atoms with Crippen molar-refractivity contribution in [1.29, 1.82) is 0 Å². The van der Waals surface area contributed by atoms with Gasteiger partial charge in [0.05, 0.1) is 39.5 Å². The van der Waals surface area contributed by atoms with Crippen molar-refractivity contribution >= 4 is 28.0 Å². The Morgan fingerprint density at radius 3 is 0.641 bits per heavy atom. The van der Waals surface area contributed by atoms with Crippen LogP contribution in [0.5, 0.6) is 23.0 Å². The minimum absolute atomic E-state index is 0.327. The molecule has 352 valence electrons. The Kier molecular flexibility index (Phi) is 14.7. The van der Waals surface area contributed by atoms with Crippen LogP contribution in [0.2, 0.25) is 0 Å². The summed E-state index contributed by atoms with van der Waals surface area (Å²) >= 11 is 0. The van der Waals surface area contributed by atoms with Crippen LogP contribution in [0.1, 0.15) is 78.1 Å². The molecule has 2 saturated carbocycles. The Labute approximate surface area is 355 Å². The number of hydrogen-bond donors (Lipinski definition) is 1. The van der Waals surface area contributed by atoms with Gasteiger partial charge in [0.2, 0.25) is 46.5 Å². The van der Waals surface area contributed by atoms with Gasteiger partial charge in [0, 0.05) is 25.7 Å².